The summed E-state index contributed by atoms with van der Waals surface area (Å²) in [5.74, 6) is 1.51. The Balaban J connectivity index is 1.24. The van der Waals surface area contributed by atoms with Gasteiger partial charge in [-0.15, -0.1) is 0 Å². The molecule has 2 aromatic carbocycles. The average Bonchev–Trinajstić information content (AvgIpc) is 3.32. The molecule has 2 heterocycles. The summed E-state index contributed by atoms with van der Waals surface area (Å²) in [6, 6.07) is 14.8. The molecule has 1 spiro atoms. The van der Waals surface area contributed by atoms with Crippen molar-refractivity contribution in [3.05, 3.63) is 48.0 Å². The first-order valence-corrected chi connectivity index (χ1v) is 13.1. The average molecular weight is 460 g/mol. The maximum Gasteiger partial charge on any atom is 0.328 e. The highest BCUT2D eigenvalue weighted by molar-refractivity contribution is 6.13. The van der Waals surface area contributed by atoms with E-state index in [4.69, 9.17) is 0 Å². The first-order valence-electron chi connectivity index (χ1n) is 13.1. The third kappa shape index (κ3) is 3.39. The van der Waals surface area contributed by atoms with Gasteiger partial charge in [0, 0.05) is 36.8 Å². The third-order valence-corrected chi connectivity index (χ3v) is 9.34. The van der Waals surface area contributed by atoms with Gasteiger partial charge in [-0.3, -0.25) is 9.47 Å². The lowest BCUT2D eigenvalue weighted by molar-refractivity contribution is -0.0365. The predicted octanol–water partition coefficient (Wildman–Crippen LogP) is 5.48. The van der Waals surface area contributed by atoms with Crippen LogP contribution in [0.5, 0.6) is 0 Å². The molecule has 0 bridgehead atoms. The minimum Gasteiger partial charge on any atom is -0.393 e. The van der Waals surface area contributed by atoms with Gasteiger partial charge in [0.15, 0.2) is 0 Å². The summed E-state index contributed by atoms with van der Waals surface area (Å²) in [6.45, 7) is 3.07. The van der Waals surface area contributed by atoms with E-state index in [0.29, 0.717) is 0 Å². The Morgan fingerprint density at radius 1 is 1.03 bits per heavy atom. The number of benzene rings is 2. The smallest absolute Gasteiger partial charge is 0.328 e. The number of carbonyl (C=O) groups is 1. The lowest BCUT2D eigenvalue weighted by Gasteiger charge is -2.47. The van der Waals surface area contributed by atoms with E-state index in [1.807, 2.05) is 16.7 Å². The second-order valence-corrected chi connectivity index (χ2v) is 11.3. The van der Waals surface area contributed by atoms with Gasteiger partial charge in [-0.25, -0.2) is 4.79 Å². The first-order chi connectivity index (χ1) is 16.5. The molecule has 34 heavy (non-hydrogen) atoms. The van der Waals surface area contributed by atoms with E-state index >= 15 is 0 Å². The Hall–Kier alpha value is -2.37. The normalized spacial score (nSPS) is 26.9. The van der Waals surface area contributed by atoms with E-state index in [-0.39, 0.29) is 17.6 Å². The molecule has 1 N–H and O–H groups in total. The van der Waals surface area contributed by atoms with E-state index in [0.717, 1.165) is 72.5 Å². The fourth-order valence-corrected chi connectivity index (χ4v) is 7.63. The van der Waals surface area contributed by atoms with Crippen molar-refractivity contribution in [2.75, 3.05) is 27.2 Å². The van der Waals surface area contributed by atoms with Crippen molar-refractivity contribution in [1.82, 2.24) is 14.4 Å². The van der Waals surface area contributed by atoms with Gasteiger partial charge < -0.3 is 10.0 Å². The Morgan fingerprint density at radius 3 is 2.56 bits per heavy atom. The van der Waals surface area contributed by atoms with E-state index in [1.165, 1.54) is 31.2 Å². The zero-order valence-electron chi connectivity index (χ0n) is 20.5. The molecule has 3 atom stereocenters. The number of aliphatic hydroxyl groups excluding tert-OH is 1. The molecule has 6 rings (SSSR count). The summed E-state index contributed by atoms with van der Waals surface area (Å²) < 4.78 is 1.83. The molecule has 1 aliphatic heterocycles. The van der Waals surface area contributed by atoms with Gasteiger partial charge in [0.05, 0.1) is 17.1 Å². The van der Waals surface area contributed by atoms with Crippen molar-refractivity contribution in [3.63, 3.8) is 0 Å². The van der Waals surface area contributed by atoms with Crippen LogP contribution in [0.1, 0.15) is 50.5 Å². The molecule has 3 fully saturated rings. The van der Waals surface area contributed by atoms with Gasteiger partial charge in [0.25, 0.3) is 0 Å². The minimum absolute atomic E-state index is 0.0172. The Kier molecular flexibility index (Phi) is 5.45. The highest BCUT2D eigenvalue weighted by atomic mass is 16.3. The summed E-state index contributed by atoms with van der Waals surface area (Å²) in [7, 11) is 3.61. The molecule has 0 radical (unpaired) electrons. The third-order valence-electron chi connectivity index (χ3n) is 9.34. The molecule has 3 aromatic rings. The molecular weight excluding hydrogens is 422 g/mol. The molecular formula is C29H37N3O2. The number of fused-ring (bicyclic) bond motifs is 5. The number of aromatic nitrogens is 1. The van der Waals surface area contributed by atoms with Crippen molar-refractivity contribution in [2.45, 2.75) is 57.6 Å². The Bertz CT molecular complexity index is 1220. The van der Waals surface area contributed by atoms with Gasteiger partial charge >= 0.3 is 6.03 Å². The summed E-state index contributed by atoms with van der Waals surface area (Å²) in [5, 5.41) is 13.3. The van der Waals surface area contributed by atoms with Crippen LogP contribution in [0.15, 0.2) is 42.5 Å². The van der Waals surface area contributed by atoms with Crippen molar-refractivity contribution >= 4 is 27.8 Å². The van der Waals surface area contributed by atoms with Gasteiger partial charge in [0.1, 0.15) is 0 Å². The number of likely N-dealkylation sites (tertiary alicyclic amines) is 1. The molecule has 3 unspecified atom stereocenters. The maximum absolute atomic E-state index is 12.9. The van der Waals surface area contributed by atoms with Crippen LogP contribution in [0.3, 0.4) is 0 Å². The maximum atomic E-state index is 12.9. The van der Waals surface area contributed by atoms with E-state index < -0.39 is 0 Å². The predicted molar refractivity (Wildman–Crippen MR) is 137 cm³/mol. The van der Waals surface area contributed by atoms with Crippen LogP contribution in [0, 0.1) is 17.3 Å². The molecule has 5 heteroatoms. The van der Waals surface area contributed by atoms with Gasteiger partial charge in [0.2, 0.25) is 0 Å². The van der Waals surface area contributed by atoms with Gasteiger partial charge in [-0.2, -0.15) is 0 Å². The molecule has 1 aromatic heterocycles. The summed E-state index contributed by atoms with van der Waals surface area (Å²) in [5.41, 5.74) is 3.40. The number of aliphatic hydroxyl groups is 1. The number of hydrogen-bond donors (Lipinski definition) is 1. The molecule has 180 valence electrons. The van der Waals surface area contributed by atoms with Crippen LogP contribution in [0.4, 0.5) is 4.79 Å². The Labute approximate surface area is 202 Å². The Morgan fingerprint density at radius 2 is 1.76 bits per heavy atom. The fraction of sp³-hybridized carbons (Fsp3) is 0.552. The number of carbonyl (C=O) groups excluding carboxylic acids is 1. The number of nitrogens with zero attached hydrogens (tertiary/aromatic N) is 3. The minimum atomic E-state index is -0.0977. The molecule has 1 amide bonds. The van der Waals surface area contributed by atoms with Crippen molar-refractivity contribution in [1.29, 1.82) is 0 Å². The summed E-state index contributed by atoms with van der Waals surface area (Å²) in [6.07, 6.45) is 8.57. The van der Waals surface area contributed by atoms with Crippen LogP contribution in [-0.2, 0) is 6.54 Å². The van der Waals surface area contributed by atoms with Crippen LogP contribution in [0.2, 0.25) is 0 Å². The van der Waals surface area contributed by atoms with E-state index in [9.17, 15) is 9.90 Å². The second-order valence-electron chi connectivity index (χ2n) is 11.3. The van der Waals surface area contributed by atoms with Crippen LogP contribution in [-0.4, -0.2) is 58.8 Å². The van der Waals surface area contributed by atoms with Crippen molar-refractivity contribution in [3.8, 4) is 0 Å². The largest absolute Gasteiger partial charge is 0.393 e. The fourth-order valence-electron chi connectivity index (χ4n) is 7.63. The molecule has 2 saturated carbocycles. The summed E-state index contributed by atoms with van der Waals surface area (Å²) in [4.78, 5) is 17.2. The lowest BCUT2D eigenvalue weighted by Crippen LogP contribution is -2.47. The van der Waals surface area contributed by atoms with Crippen molar-refractivity contribution < 1.29 is 9.90 Å². The monoisotopic (exact) mass is 459 g/mol. The number of para-hydroxylation sites is 1. The van der Waals surface area contributed by atoms with Gasteiger partial charge in [-0.1, -0.05) is 43.5 Å². The zero-order chi connectivity index (χ0) is 23.4. The standard InChI is InChI=1S/C29H37N3O2/c1-30(2)28(34)32-25-10-6-4-8-22(25)23-17-20(11-12-26(23)32)19-31-15-13-29(14-16-31)24-9-5-3-7-21(24)18-27(29)33/h4,6,8,10-12,17,21,24,27,33H,3,5,7,9,13-16,18-19H2,1-2H3. The zero-order valence-corrected chi connectivity index (χ0v) is 20.5. The molecule has 2 aliphatic carbocycles. The topological polar surface area (TPSA) is 48.7 Å². The second kappa shape index (κ2) is 8.39. The van der Waals surface area contributed by atoms with Crippen LogP contribution in [0.25, 0.3) is 21.8 Å². The van der Waals surface area contributed by atoms with E-state index in [2.05, 4.69) is 35.2 Å². The van der Waals surface area contributed by atoms with Crippen LogP contribution >= 0.6 is 0 Å². The highest BCUT2D eigenvalue weighted by Crippen LogP contribution is 2.58. The first kappa shape index (κ1) is 22.1. The van der Waals surface area contributed by atoms with Crippen molar-refractivity contribution in [2.24, 2.45) is 17.3 Å². The molecule has 1 saturated heterocycles. The van der Waals surface area contributed by atoms with E-state index in [1.54, 1.807) is 19.0 Å². The van der Waals surface area contributed by atoms with Crippen LogP contribution < -0.4 is 0 Å². The van der Waals surface area contributed by atoms with Gasteiger partial charge in [-0.05, 0) is 74.4 Å². The molecule has 5 nitrogen and oxygen atoms in total. The quantitative estimate of drug-likeness (QED) is 0.552. The molecule has 3 aliphatic rings. The number of piperidine rings is 1. The number of hydrogen-bond acceptors (Lipinski definition) is 3. The number of rotatable bonds is 2. The number of amides is 1. The lowest BCUT2D eigenvalue weighted by atomic mass is 9.64. The SMILES string of the molecule is CN(C)C(=O)n1c2ccccc2c2cc(CN3CCC4(CC3)C(O)CC3CCCCC34)ccc21. The highest BCUT2D eigenvalue weighted by Gasteiger charge is 2.55. The summed E-state index contributed by atoms with van der Waals surface area (Å²) >= 11 is 0.